The van der Waals surface area contributed by atoms with Crippen LogP contribution in [0.3, 0.4) is 0 Å². The van der Waals surface area contributed by atoms with Crippen molar-refractivity contribution in [1.29, 1.82) is 0 Å². The van der Waals surface area contributed by atoms with Crippen molar-refractivity contribution in [3.8, 4) is 5.75 Å². The Morgan fingerprint density at radius 2 is 1.85 bits per heavy atom. The average Bonchev–Trinajstić information content (AvgIpc) is 2.86. The van der Waals surface area contributed by atoms with Crippen molar-refractivity contribution in [2.45, 2.75) is 18.9 Å². The second kappa shape index (κ2) is 8.97. The summed E-state index contributed by atoms with van der Waals surface area (Å²) in [5.74, 6) is 0.553. The van der Waals surface area contributed by atoms with E-state index in [1.54, 1.807) is 39.8 Å². The molecule has 174 valence electrons. The number of benzene rings is 1. The first kappa shape index (κ1) is 21.6. The molecule has 3 aromatic rings. The molecule has 5 rings (SSSR count). The standard InChI is InChI=1S/C24H24N6O4/c1-34-21-5-3-2-4-17(21)27-24(33)28-18-6-7-20-16-10-15(13-30(20)23(18)32)12-29(14-16)22(31)19-11-25-8-9-26-19/h2-9,11,15-16H,10,12-14H2,1H3,(H2,27,28,33)/t15-,16+/m0/s1. The van der Waals surface area contributed by atoms with Crippen molar-refractivity contribution in [3.63, 3.8) is 0 Å². The predicted octanol–water partition coefficient (Wildman–Crippen LogP) is 2.55. The fraction of sp³-hybridized carbons (Fsp3) is 0.292. The van der Waals surface area contributed by atoms with Gasteiger partial charge in [-0.15, -0.1) is 0 Å². The first-order chi connectivity index (χ1) is 16.5. The Morgan fingerprint density at radius 3 is 2.65 bits per heavy atom. The van der Waals surface area contributed by atoms with Gasteiger partial charge in [-0.3, -0.25) is 14.6 Å². The lowest BCUT2D eigenvalue weighted by atomic mass is 9.83. The van der Waals surface area contributed by atoms with Gasteiger partial charge in [-0.2, -0.15) is 0 Å². The number of nitrogens with zero attached hydrogens (tertiary/aromatic N) is 4. The highest BCUT2D eigenvalue weighted by Crippen LogP contribution is 2.36. The quantitative estimate of drug-likeness (QED) is 0.618. The Bertz CT molecular complexity index is 1290. The summed E-state index contributed by atoms with van der Waals surface area (Å²) in [6, 6.07) is 9.99. The smallest absolute Gasteiger partial charge is 0.323 e. The molecule has 2 N–H and O–H groups in total. The summed E-state index contributed by atoms with van der Waals surface area (Å²) in [4.78, 5) is 48.5. The van der Waals surface area contributed by atoms with Crippen molar-refractivity contribution < 1.29 is 14.3 Å². The maximum absolute atomic E-state index is 13.2. The number of para-hydroxylation sites is 2. The number of anilines is 2. The van der Waals surface area contributed by atoms with E-state index in [0.717, 1.165) is 12.1 Å². The number of aromatic nitrogens is 3. The highest BCUT2D eigenvalue weighted by Gasteiger charge is 2.37. The Labute approximate surface area is 195 Å². The van der Waals surface area contributed by atoms with E-state index < -0.39 is 6.03 Å². The van der Waals surface area contributed by atoms with Crippen molar-refractivity contribution in [3.05, 3.63) is 76.7 Å². The van der Waals surface area contributed by atoms with Gasteiger partial charge < -0.3 is 24.8 Å². The van der Waals surface area contributed by atoms with E-state index in [9.17, 15) is 14.4 Å². The number of urea groups is 1. The molecule has 2 aliphatic rings. The molecule has 4 heterocycles. The Hall–Kier alpha value is -4.21. The molecule has 0 radical (unpaired) electrons. The summed E-state index contributed by atoms with van der Waals surface area (Å²) >= 11 is 0. The topological polar surface area (TPSA) is 118 Å². The zero-order valence-corrected chi connectivity index (χ0v) is 18.6. The van der Waals surface area contributed by atoms with E-state index in [1.165, 1.54) is 25.7 Å². The number of hydrogen-bond donors (Lipinski definition) is 2. The molecule has 1 aromatic carbocycles. The highest BCUT2D eigenvalue weighted by molar-refractivity contribution is 6.00. The van der Waals surface area contributed by atoms with Crippen LogP contribution in [0.5, 0.6) is 5.75 Å². The number of rotatable bonds is 4. The maximum Gasteiger partial charge on any atom is 0.323 e. The van der Waals surface area contributed by atoms with E-state index >= 15 is 0 Å². The molecule has 1 saturated heterocycles. The van der Waals surface area contributed by atoms with E-state index in [4.69, 9.17) is 4.74 Å². The van der Waals surface area contributed by atoms with Gasteiger partial charge in [0, 0.05) is 43.6 Å². The molecule has 2 bridgehead atoms. The number of methoxy groups -OCH3 is 1. The SMILES string of the molecule is COc1ccccc1NC(=O)Nc1ccc2n(c1=O)C[C@H]1C[C@@H]2CN(C(=O)c2cnccn2)C1. The van der Waals surface area contributed by atoms with Crippen LogP contribution in [0.15, 0.2) is 59.8 Å². The van der Waals surface area contributed by atoms with Gasteiger partial charge in [0.05, 0.1) is 19.0 Å². The lowest BCUT2D eigenvalue weighted by Crippen LogP contribution is -2.49. The minimum Gasteiger partial charge on any atom is -0.495 e. The van der Waals surface area contributed by atoms with Crippen LogP contribution in [0.25, 0.3) is 0 Å². The minimum atomic E-state index is -0.529. The summed E-state index contributed by atoms with van der Waals surface area (Å²) in [6.45, 7) is 1.54. The number of piperidine rings is 1. The molecular weight excluding hydrogens is 436 g/mol. The molecule has 2 atom stereocenters. The Morgan fingerprint density at radius 1 is 1.03 bits per heavy atom. The Balaban J connectivity index is 1.33. The monoisotopic (exact) mass is 460 g/mol. The predicted molar refractivity (Wildman–Crippen MR) is 125 cm³/mol. The maximum atomic E-state index is 13.2. The number of pyridine rings is 1. The molecule has 0 unspecified atom stereocenters. The molecule has 0 saturated carbocycles. The molecule has 2 aliphatic heterocycles. The second-order valence-electron chi connectivity index (χ2n) is 8.47. The zero-order valence-electron chi connectivity index (χ0n) is 18.6. The molecule has 2 aromatic heterocycles. The lowest BCUT2D eigenvalue weighted by Gasteiger charge is -2.42. The molecule has 0 spiro atoms. The van der Waals surface area contributed by atoms with Crippen LogP contribution in [-0.2, 0) is 6.54 Å². The van der Waals surface area contributed by atoms with E-state index in [-0.39, 0.29) is 29.0 Å². The molecule has 34 heavy (non-hydrogen) atoms. The van der Waals surface area contributed by atoms with E-state index in [2.05, 4.69) is 20.6 Å². The second-order valence-corrected chi connectivity index (χ2v) is 8.47. The van der Waals surface area contributed by atoms with Crippen molar-refractivity contribution in [2.75, 3.05) is 30.8 Å². The average molecular weight is 460 g/mol. The number of ether oxygens (including phenoxy) is 1. The third-order valence-corrected chi connectivity index (χ3v) is 6.28. The molecular formula is C24H24N6O4. The summed E-state index contributed by atoms with van der Waals surface area (Å²) in [6.07, 6.45) is 5.42. The van der Waals surface area contributed by atoms with Gasteiger partial charge in [0.15, 0.2) is 0 Å². The van der Waals surface area contributed by atoms with Crippen LogP contribution >= 0.6 is 0 Å². The summed E-state index contributed by atoms with van der Waals surface area (Å²) in [7, 11) is 1.52. The van der Waals surface area contributed by atoms with E-state index in [1.807, 2.05) is 6.07 Å². The third-order valence-electron chi connectivity index (χ3n) is 6.28. The van der Waals surface area contributed by atoms with Gasteiger partial charge in [-0.05, 0) is 36.6 Å². The van der Waals surface area contributed by atoms with Crippen LogP contribution in [0, 0.1) is 5.92 Å². The first-order valence-electron chi connectivity index (χ1n) is 11.0. The van der Waals surface area contributed by atoms with Crippen LogP contribution in [-0.4, -0.2) is 51.6 Å². The number of carbonyl (C=O) groups is 2. The van der Waals surface area contributed by atoms with Crippen molar-refractivity contribution >= 4 is 23.3 Å². The molecule has 10 heteroatoms. The number of fused-ring (bicyclic) bond motifs is 4. The van der Waals surface area contributed by atoms with Gasteiger partial charge in [-0.1, -0.05) is 12.1 Å². The lowest BCUT2D eigenvalue weighted by molar-refractivity contribution is 0.0588. The molecule has 1 fully saturated rings. The van der Waals surface area contributed by atoms with Crippen LogP contribution < -0.4 is 20.9 Å². The van der Waals surface area contributed by atoms with Gasteiger partial charge in [0.1, 0.15) is 17.1 Å². The van der Waals surface area contributed by atoms with Crippen molar-refractivity contribution in [1.82, 2.24) is 19.4 Å². The largest absolute Gasteiger partial charge is 0.495 e. The summed E-state index contributed by atoms with van der Waals surface area (Å²) < 4.78 is 6.97. The van der Waals surface area contributed by atoms with Crippen LogP contribution in [0.4, 0.5) is 16.2 Å². The number of nitrogens with one attached hydrogen (secondary N) is 2. The highest BCUT2D eigenvalue weighted by atomic mass is 16.5. The number of amides is 3. The van der Waals surface area contributed by atoms with Crippen LogP contribution in [0.1, 0.15) is 28.5 Å². The van der Waals surface area contributed by atoms with Gasteiger partial charge in [0.25, 0.3) is 11.5 Å². The van der Waals surface area contributed by atoms with Crippen molar-refractivity contribution in [2.24, 2.45) is 5.92 Å². The van der Waals surface area contributed by atoms with Gasteiger partial charge in [-0.25, -0.2) is 9.78 Å². The minimum absolute atomic E-state index is 0.0391. The van der Waals surface area contributed by atoms with E-state index in [0.29, 0.717) is 36.8 Å². The summed E-state index contributed by atoms with van der Waals surface area (Å²) in [5, 5.41) is 5.37. The molecule has 0 aliphatic carbocycles. The number of hydrogen-bond acceptors (Lipinski definition) is 6. The third kappa shape index (κ3) is 4.09. The zero-order chi connectivity index (χ0) is 23.7. The van der Waals surface area contributed by atoms with Crippen LogP contribution in [0.2, 0.25) is 0 Å². The Kier molecular flexibility index (Phi) is 5.70. The van der Waals surface area contributed by atoms with Gasteiger partial charge in [0.2, 0.25) is 0 Å². The van der Waals surface area contributed by atoms with Gasteiger partial charge >= 0.3 is 6.03 Å². The number of carbonyl (C=O) groups excluding carboxylic acids is 2. The molecule has 10 nitrogen and oxygen atoms in total. The fourth-order valence-corrected chi connectivity index (χ4v) is 4.80. The number of likely N-dealkylation sites (tertiary alicyclic amines) is 1. The normalized spacial score (nSPS) is 18.6. The summed E-state index contributed by atoms with van der Waals surface area (Å²) in [5.41, 5.74) is 1.64. The first-order valence-corrected chi connectivity index (χ1v) is 11.0. The molecule has 3 amide bonds. The fourth-order valence-electron chi connectivity index (χ4n) is 4.80.